The lowest BCUT2D eigenvalue weighted by Crippen LogP contribution is -2.28. The van der Waals surface area contributed by atoms with E-state index in [-0.39, 0.29) is 23.3 Å². The second-order valence-electron chi connectivity index (χ2n) is 6.30. The first kappa shape index (κ1) is 20.3. The Labute approximate surface area is 168 Å². The molecule has 3 aromatic carbocycles. The van der Waals surface area contributed by atoms with Crippen LogP contribution in [-0.4, -0.2) is 20.7 Å². The van der Waals surface area contributed by atoms with Crippen molar-refractivity contribution in [2.24, 2.45) is 0 Å². The zero-order valence-electron chi connectivity index (χ0n) is 15.6. The highest BCUT2D eigenvalue weighted by Crippen LogP contribution is 2.24. The minimum Gasteiger partial charge on any atom is -0.457 e. The van der Waals surface area contributed by atoms with Gasteiger partial charge in [0.2, 0.25) is 0 Å². The van der Waals surface area contributed by atoms with Crippen LogP contribution in [-0.2, 0) is 16.4 Å². The first-order chi connectivity index (χ1) is 13.8. The van der Waals surface area contributed by atoms with Gasteiger partial charge in [0.1, 0.15) is 17.3 Å². The number of sulfone groups is 1. The summed E-state index contributed by atoms with van der Waals surface area (Å²) < 4.78 is 41.5. The van der Waals surface area contributed by atoms with Crippen molar-refractivity contribution in [2.75, 3.05) is 11.6 Å². The van der Waals surface area contributed by atoms with Gasteiger partial charge in [-0.2, -0.15) is 0 Å². The fourth-order valence-electron chi connectivity index (χ4n) is 2.46. The van der Waals surface area contributed by atoms with Crippen LogP contribution in [0.1, 0.15) is 5.56 Å². The monoisotopic (exact) mass is 414 g/mol. The molecule has 0 aliphatic carbocycles. The predicted octanol–water partition coefficient (Wildman–Crippen LogP) is 4.34. The molecule has 29 heavy (non-hydrogen) atoms. The van der Waals surface area contributed by atoms with Crippen molar-refractivity contribution in [3.63, 3.8) is 0 Å². The Morgan fingerprint density at radius 2 is 1.45 bits per heavy atom. The maximum absolute atomic E-state index is 12.9. The summed E-state index contributed by atoms with van der Waals surface area (Å²) in [5, 5.41) is 5.38. The Kier molecular flexibility index (Phi) is 6.13. The van der Waals surface area contributed by atoms with Gasteiger partial charge in [-0.05, 0) is 66.2 Å². The number of urea groups is 1. The molecule has 0 saturated heterocycles. The quantitative estimate of drug-likeness (QED) is 0.628. The molecule has 0 aromatic heterocycles. The minimum absolute atomic E-state index is 0.219. The molecular weight excluding hydrogens is 395 g/mol. The van der Waals surface area contributed by atoms with Gasteiger partial charge in [0, 0.05) is 18.5 Å². The first-order valence-electron chi connectivity index (χ1n) is 8.67. The van der Waals surface area contributed by atoms with Crippen molar-refractivity contribution >= 4 is 21.6 Å². The summed E-state index contributed by atoms with van der Waals surface area (Å²) in [6.45, 7) is 0.275. The van der Waals surface area contributed by atoms with Crippen molar-refractivity contribution in [3.05, 3.63) is 84.2 Å². The molecule has 3 rings (SSSR count). The van der Waals surface area contributed by atoms with Crippen LogP contribution in [0, 0.1) is 5.82 Å². The molecule has 0 unspecified atom stereocenters. The van der Waals surface area contributed by atoms with Crippen molar-refractivity contribution < 1.29 is 22.3 Å². The number of benzene rings is 3. The topological polar surface area (TPSA) is 84.5 Å². The number of halogens is 1. The number of rotatable bonds is 6. The van der Waals surface area contributed by atoms with E-state index < -0.39 is 9.84 Å². The van der Waals surface area contributed by atoms with Gasteiger partial charge in [-0.1, -0.05) is 12.1 Å². The van der Waals surface area contributed by atoms with Crippen molar-refractivity contribution in [3.8, 4) is 11.5 Å². The van der Waals surface area contributed by atoms with Crippen LogP contribution in [0.3, 0.4) is 0 Å². The van der Waals surface area contributed by atoms with Gasteiger partial charge in [0.15, 0.2) is 9.84 Å². The van der Waals surface area contributed by atoms with E-state index >= 15 is 0 Å². The molecular formula is C21H19FN2O4S. The number of amides is 2. The lowest BCUT2D eigenvalue weighted by molar-refractivity contribution is 0.251. The van der Waals surface area contributed by atoms with Crippen LogP contribution in [0.5, 0.6) is 11.5 Å². The summed E-state index contributed by atoms with van der Waals surface area (Å²) in [4.78, 5) is 12.2. The molecule has 0 fully saturated rings. The molecule has 0 heterocycles. The van der Waals surface area contributed by atoms with E-state index in [1.54, 1.807) is 48.5 Å². The average Bonchev–Trinajstić information content (AvgIpc) is 2.69. The van der Waals surface area contributed by atoms with Crippen molar-refractivity contribution in [1.82, 2.24) is 5.32 Å². The highest BCUT2D eigenvalue weighted by molar-refractivity contribution is 7.90. The van der Waals surface area contributed by atoms with Crippen molar-refractivity contribution in [1.29, 1.82) is 0 Å². The van der Waals surface area contributed by atoms with E-state index in [1.165, 1.54) is 24.3 Å². The second kappa shape index (κ2) is 8.74. The third-order valence-corrected chi connectivity index (χ3v) is 5.09. The largest absolute Gasteiger partial charge is 0.457 e. The highest BCUT2D eigenvalue weighted by Gasteiger charge is 2.07. The molecule has 3 aromatic rings. The Balaban J connectivity index is 1.53. The van der Waals surface area contributed by atoms with E-state index in [2.05, 4.69) is 10.6 Å². The summed E-state index contributed by atoms with van der Waals surface area (Å²) in [5.41, 5.74) is 1.36. The number of anilines is 1. The lowest BCUT2D eigenvalue weighted by Gasteiger charge is -2.10. The summed E-state index contributed by atoms with van der Waals surface area (Å²) in [6.07, 6.45) is 1.14. The van der Waals surface area contributed by atoms with Gasteiger partial charge in [-0.3, -0.25) is 0 Å². The van der Waals surface area contributed by atoms with E-state index in [0.717, 1.165) is 11.8 Å². The smallest absolute Gasteiger partial charge is 0.319 e. The zero-order chi connectivity index (χ0) is 20.9. The molecule has 0 aliphatic heterocycles. The van der Waals surface area contributed by atoms with Gasteiger partial charge in [-0.15, -0.1) is 0 Å². The SMILES string of the molecule is CS(=O)(=O)c1ccc(Oc2ccc(NC(=O)NCc3ccc(F)cc3)cc2)cc1. The van der Waals surface area contributed by atoms with E-state index in [4.69, 9.17) is 4.74 Å². The Morgan fingerprint density at radius 1 is 0.897 bits per heavy atom. The molecule has 0 bridgehead atoms. The third-order valence-electron chi connectivity index (χ3n) is 3.97. The summed E-state index contributed by atoms with van der Waals surface area (Å²) in [5.74, 6) is 0.705. The molecule has 2 N–H and O–H groups in total. The average molecular weight is 414 g/mol. The predicted molar refractivity (Wildman–Crippen MR) is 108 cm³/mol. The van der Waals surface area contributed by atoms with Gasteiger partial charge < -0.3 is 15.4 Å². The van der Waals surface area contributed by atoms with Crippen LogP contribution >= 0.6 is 0 Å². The van der Waals surface area contributed by atoms with E-state index in [9.17, 15) is 17.6 Å². The van der Waals surface area contributed by atoms with Crippen LogP contribution in [0.25, 0.3) is 0 Å². The van der Waals surface area contributed by atoms with Crippen LogP contribution in [0.15, 0.2) is 77.7 Å². The molecule has 0 aliphatic rings. The minimum atomic E-state index is -3.25. The molecule has 0 atom stereocenters. The van der Waals surface area contributed by atoms with Crippen LogP contribution in [0.2, 0.25) is 0 Å². The van der Waals surface area contributed by atoms with Crippen molar-refractivity contribution in [2.45, 2.75) is 11.4 Å². The fraction of sp³-hybridized carbons (Fsp3) is 0.0952. The third kappa shape index (κ3) is 6.05. The Bertz CT molecular complexity index is 1080. The molecule has 0 radical (unpaired) electrons. The van der Waals surface area contributed by atoms with Gasteiger partial charge in [-0.25, -0.2) is 17.6 Å². The summed E-state index contributed by atoms with van der Waals surface area (Å²) in [6, 6.07) is 18.3. The Hall–Kier alpha value is -3.39. The number of carbonyl (C=O) groups excluding carboxylic acids is 1. The van der Waals surface area contributed by atoms with Gasteiger partial charge in [0.05, 0.1) is 4.90 Å². The number of hydrogen-bond donors (Lipinski definition) is 2. The molecule has 6 nitrogen and oxygen atoms in total. The summed E-state index contributed by atoms with van der Waals surface area (Å²) >= 11 is 0. The highest BCUT2D eigenvalue weighted by atomic mass is 32.2. The molecule has 8 heteroatoms. The Morgan fingerprint density at radius 3 is 2.00 bits per heavy atom. The lowest BCUT2D eigenvalue weighted by atomic mass is 10.2. The normalized spacial score (nSPS) is 11.0. The maximum atomic E-state index is 12.9. The fourth-order valence-corrected chi connectivity index (χ4v) is 3.09. The number of carbonyl (C=O) groups is 1. The maximum Gasteiger partial charge on any atom is 0.319 e. The second-order valence-corrected chi connectivity index (χ2v) is 8.32. The van der Waals surface area contributed by atoms with E-state index in [0.29, 0.717) is 17.2 Å². The number of hydrogen-bond acceptors (Lipinski definition) is 4. The van der Waals surface area contributed by atoms with Crippen LogP contribution < -0.4 is 15.4 Å². The molecule has 0 saturated carbocycles. The van der Waals surface area contributed by atoms with E-state index in [1.807, 2.05) is 0 Å². The molecule has 150 valence electrons. The first-order valence-corrected chi connectivity index (χ1v) is 10.6. The van der Waals surface area contributed by atoms with Gasteiger partial charge >= 0.3 is 6.03 Å². The summed E-state index contributed by atoms with van der Waals surface area (Å²) in [7, 11) is -3.25. The molecule has 2 amide bonds. The zero-order valence-corrected chi connectivity index (χ0v) is 16.4. The number of ether oxygens (including phenoxy) is 1. The number of nitrogens with one attached hydrogen (secondary N) is 2. The van der Waals surface area contributed by atoms with Crippen LogP contribution in [0.4, 0.5) is 14.9 Å². The van der Waals surface area contributed by atoms with Gasteiger partial charge in [0.25, 0.3) is 0 Å². The standard InChI is InChI=1S/C21H19FN2O4S/c1-29(26,27)20-12-10-19(11-13-20)28-18-8-6-17(7-9-18)24-21(25)23-14-15-2-4-16(22)5-3-15/h2-13H,14H2,1H3,(H2,23,24,25). The molecule has 0 spiro atoms.